The van der Waals surface area contributed by atoms with Gasteiger partial charge in [0.2, 0.25) is 35.2 Å². The SMILES string of the molecule is C[C@H](NC(=O)[C@H](C)NC(=O)[C@H](C)NCCNc1ccc(NCCN[C@@H](C)C(=O)N[C@@H](C)C(=O)N[C@@H](C)C(=O)O)c2c1C(=O)c1c(OC(=O)C(F)(F)F)ccc(OC(=O)C(F)(F)F)c1C2=O)C(=O)O. The Morgan fingerprint density at radius 3 is 1.06 bits per heavy atom. The summed E-state index contributed by atoms with van der Waals surface area (Å²) in [4.78, 5) is 125. The van der Waals surface area contributed by atoms with E-state index in [4.69, 9.17) is 10.2 Å². The quantitative estimate of drug-likeness (QED) is 0.0281. The number of hydrogen-bond acceptors (Lipinski definition) is 16. The fourth-order valence-electron chi connectivity index (χ4n) is 5.89. The molecule has 6 atom stereocenters. The zero-order valence-corrected chi connectivity index (χ0v) is 36.7. The Bertz CT molecular complexity index is 2190. The van der Waals surface area contributed by atoms with Crippen LogP contribution in [0.3, 0.4) is 0 Å². The molecule has 1 aliphatic rings. The lowest BCUT2D eigenvalue weighted by Crippen LogP contribution is -2.53. The first-order chi connectivity index (χ1) is 31.5. The molecule has 68 heavy (non-hydrogen) atoms. The average Bonchev–Trinajstić information content (AvgIpc) is 3.24. The Morgan fingerprint density at radius 1 is 0.471 bits per heavy atom. The second-order valence-electron chi connectivity index (χ2n) is 15.0. The highest BCUT2D eigenvalue weighted by Gasteiger charge is 2.46. The van der Waals surface area contributed by atoms with Crippen LogP contribution in [0.25, 0.3) is 0 Å². The minimum atomic E-state index is -5.68. The van der Waals surface area contributed by atoms with Gasteiger partial charge in [-0.3, -0.25) is 38.4 Å². The summed E-state index contributed by atoms with van der Waals surface area (Å²) in [5.41, 5.74) is -4.07. The number of esters is 2. The van der Waals surface area contributed by atoms with Gasteiger partial charge in [-0.25, -0.2) is 9.59 Å². The van der Waals surface area contributed by atoms with Crippen LogP contribution in [-0.4, -0.2) is 144 Å². The average molecular weight is 977 g/mol. The van der Waals surface area contributed by atoms with Gasteiger partial charge in [0.05, 0.1) is 34.3 Å². The summed E-state index contributed by atoms with van der Waals surface area (Å²) >= 11 is 0. The number of ether oxygens (including phenoxy) is 2. The minimum absolute atomic E-state index is 0.118. The van der Waals surface area contributed by atoms with E-state index in [1.165, 1.54) is 53.7 Å². The smallest absolute Gasteiger partial charge is 0.480 e. The number of rotatable bonds is 22. The topological polar surface area (TPSA) is 326 Å². The largest absolute Gasteiger partial charge is 0.491 e. The maximum absolute atomic E-state index is 14.4. The number of anilines is 2. The first-order valence-electron chi connectivity index (χ1n) is 20.1. The van der Waals surface area contributed by atoms with Crippen molar-refractivity contribution in [3.05, 3.63) is 46.5 Å². The molecule has 0 spiro atoms. The Labute approximate surface area is 381 Å². The van der Waals surface area contributed by atoms with Gasteiger partial charge in [0.25, 0.3) is 0 Å². The van der Waals surface area contributed by atoms with Gasteiger partial charge in [-0.2, -0.15) is 26.3 Å². The summed E-state index contributed by atoms with van der Waals surface area (Å²) in [7, 11) is 0. The first kappa shape index (κ1) is 55.0. The van der Waals surface area contributed by atoms with Gasteiger partial charge in [-0.05, 0) is 65.8 Å². The molecule has 0 bridgehead atoms. The summed E-state index contributed by atoms with van der Waals surface area (Å²) in [5, 5.41) is 38.4. The first-order valence-corrected chi connectivity index (χ1v) is 20.1. The molecule has 0 aromatic heterocycles. The van der Waals surface area contributed by atoms with Crippen LogP contribution in [0.1, 0.15) is 73.4 Å². The fourth-order valence-corrected chi connectivity index (χ4v) is 5.89. The number of fused-ring (bicyclic) bond motifs is 2. The Kier molecular flexibility index (Phi) is 18.5. The van der Waals surface area contributed by atoms with Crippen molar-refractivity contribution >= 4 is 70.4 Å². The fraction of sp³-hybridized carbons (Fsp3) is 0.450. The van der Waals surface area contributed by atoms with E-state index in [1.807, 2.05) is 0 Å². The summed E-state index contributed by atoms with van der Waals surface area (Å²) in [6, 6.07) is -3.63. The molecule has 0 saturated carbocycles. The summed E-state index contributed by atoms with van der Waals surface area (Å²) in [6.45, 7) is 7.15. The molecule has 0 aliphatic heterocycles. The highest BCUT2D eigenvalue weighted by Crippen LogP contribution is 2.44. The highest BCUT2D eigenvalue weighted by atomic mass is 19.4. The van der Waals surface area contributed by atoms with Crippen molar-refractivity contribution < 1.29 is 94.0 Å². The Morgan fingerprint density at radius 2 is 0.765 bits per heavy atom. The van der Waals surface area contributed by atoms with Crippen LogP contribution < -0.4 is 52.0 Å². The van der Waals surface area contributed by atoms with Gasteiger partial charge in [0, 0.05) is 37.6 Å². The van der Waals surface area contributed by atoms with Gasteiger partial charge in [0.1, 0.15) is 35.7 Å². The Hall–Kier alpha value is -7.36. The van der Waals surface area contributed by atoms with Gasteiger partial charge >= 0.3 is 36.2 Å². The molecule has 4 amide bonds. The number of carboxylic acid groups (broad SMARTS) is 2. The standard InChI is InChI=1S/C40H46F6N8O14/c1-15(31(57)51-17(3)33(59)53-19(5)35(61)62)47-11-13-49-21-7-8-22(50-14-12-48-16(2)32(58)52-18(4)34(60)54-20(6)36(63)64)26-25(21)29(55)27-23(67-37(65)39(41,42)43)9-10-24(28(27)30(26)56)68-38(66)40(44,45)46/h7-10,15-20,47-50H,11-14H2,1-6H3,(H,51,57)(H,52,58)(H,53,59)(H,54,60)(H,61,62)(H,63,64)/t15-,16-,17-,18-,19-,20-/m0/s1. The molecular weight excluding hydrogens is 930 g/mol. The summed E-state index contributed by atoms with van der Waals surface area (Å²) < 4.78 is 88.9. The molecule has 10 N–H and O–H groups in total. The summed E-state index contributed by atoms with van der Waals surface area (Å²) in [6.07, 6.45) is -11.4. The number of alkyl halides is 6. The number of amides is 4. The second-order valence-corrected chi connectivity index (χ2v) is 15.0. The van der Waals surface area contributed by atoms with Crippen molar-refractivity contribution in [2.75, 3.05) is 36.8 Å². The van der Waals surface area contributed by atoms with E-state index in [9.17, 15) is 74.3 Å². The number of carboxylic acids is 2. The van der Waals surface area contributed by atoms with Crippen molar-refractivity contribution in [1.29, 1.82) is 0 Å². The zero-order valence-electron chi connectivity index (χ0n) is 36.7. The van der Waals surface area contributed by atoms with Crippen LogP contribution >= 0.6 is 0 Å². The molecule has 372 valence electrons. The van der Waals surface area contributed by atoms with Crippen LogP contribution in [0.2, 0.25) is 0 Å². The predicted molar refractivity (Wildman–Crippen MR) is 221 cm³/mol. The number of nitrogens with one attached hydrogen (secondary N) is 8. The molecule has 3 rings (SSSR count). The molecule has 0 radical (unpaired) electrons. The predicted octanol–water partition coefficient (Wildman–Crippen LogP) is 0.365. The number of carbonyl (C=O) groups excluding carboxylic acids is 8. The highest BCUT2D eigenvalue weighted by molar-refractivity contribution is 6.33. The molecule has 0 saturated heterocycles. The normalized spacial score (nSPS) is 14.8. The molecular formula is C40H46F6N8O14. The van der Waals surface area contributed by atoms with E-state index in [2.05, 4.69) is 52.0 Å². The third-order valence-corrected chi connectivity index (χ3v) is 9.64. The molecule has 2 aromatic rings. The van der Waals surface area contributed by atoms with Crippen LogP contribution in [0.15, 0.2) is 24.3 Å². The number of aliphatic carboxylic acids is 2. The second kappa shape index (κ2) is 22.9. The van der Waals surface area contributed by atoms with Crippen LogP contribution in [0.5, 0.6) is 11.5 Å². The number of ketones is 2. The maximum atomic E-state index is 14.4. The van der Waals surface area contributed by atoms with E-state index in [1.54, 1.807) is 0 Å². The van der Waals surface area contributed by atoms with Gasteiger partial charge < -0.3 is 62.2 Å². The van der Waals surface area contributed by atoms with Crippen molar-refractivity contribution in [3.8, 4) is 11.5 Å². The number of hydrogen-bond donors (Lipinski definition) is 10. The van der Waals surface area contributed by atoms with Crippen molar-refractivity contribution in [2.45, 2.75) is 90.1 Å². The van der Waals surface area contributed by atoms with Gasteiger partial charge in [-0.15, -0.1) is 0 Å². The number of halogens is 6. The van der Waals surface area contributed by atoms with Gasteiger partial charge in [-0.1, -0.05) is 0 Å². The molecule has 28 heteroatoms. The lowest BCUT2D eigenvalue weighted by Gasteiger charge is -2.26. The lowest BCUT2D eigenvalue weighted by atomic mass is 9.81. The van der Waals surface area contributed by atoms with E-state index in [0.717, 1.165) is 0 Å². The van der Waals surface area contributed by atoms with Crippen LogP contribution in [-0.2, 0) is 38.4 Å². The van der Waals surface area contributed by atoms with Crippen molar-refractivity contribution in [1.82, 2.24) is 31.9 Å². The van der Waals surface area contributed by atoms with Gasteiger partial charge in [0.15, 0.2) is 0 Å². The molecule has 0 heterocycles. The maximum Gasteiger partial charge on any atom is 0.491 e. The van der Waals surface area contributed by atoms with E-state index < -0.39 is 141 Å². The number of benzene rings is 2. The van der Waals surface area contributed by atoms with E-state index in [0.29, 0.717) is 12.1 Å². The third-order valence-electron chi connectivity index (χ3n) is 9.64. The van der Waals surface area contributed by atoms with Crippen LogP contribution in [0.4, 0.5) is 37.7 Å². The van der Waals surface area contributed by atoms with E-state index >= 15 is 0 Å². The molecule has 0 unspecified atom stereocenters. The monoisotopic (exact) mass is 976 g/mol. The van der Waals surface area contributed by atoms with Crippen LogP contribution in [0, 0.1) is 0 Å². The summed E-state index contributed by atoms with van der Waals surface area (Å²) in [5.74, 6) is -16.8. The lowest BCUT2D eigenvalue weighted by molar-refractivity contribution is -0.190. The molecule has 1 aliphatic carbocycles. The van der Waals surface area contributed by atoms with E-state index in [-0.39, 0.29) is 37.6 Å². The van der Waals surface area contributed by atoms with Crippen molar-refractivity contribution in [2.24, 2.45) is 0 Å². The molecule has 22 nitrogen and oxygen atoms in total. The third kappa shape index (κ3) is 14.3. The Balaban J connectivity index is 1.96. The minimum Gasteiger partial charge on any atom is -0.480 e. The van der Waals surface area contributed by atoms with Crippen molar-refractivity contribution in [3.63, 3.8) is 0 Å². The number of carbonyl (C=O) groups is 10. The molecule has 0 fully saturated rings. The zero-order chi connectivity index (χ0) is 51.6. The molecule has 2 aromatic carbocycles.